The normalized spacial score (nSPS) is 18.3. The number of anilines is 1. The fourth-order valence-electron chi connectivity index (χ4n) is 2.63. The molecule has 114 valence electrons. The summed E-state index contributed by atoms with van der Waals surface area (Å²) in [5.41, 5.74) is 12.4. The van der Waals surface area contributed by atoms with E-state index in [1.807, 2.05) is 17.0 Å². The van der Waals surface area contributed by atoms with Gasteiger partial charge in [0.15, 0.2) is 0 Å². The van der Waals surface area contributed by atoms with E-state index in [4.69, 9.17) is 11.5 Å². The first-order valence-corrected chi connectivity index (χ1v) is 7.20. The lowest BCUT2D eigenvalue weighted by Gasteiger charge is -2.33. The number of nitrogens with two attached hydrogens (primary N) is 2. The number of hydrogen-bond acceptors (Lipinski definition) is 3. The Labute approximate surface area is 124 Å². The van der Waals surface area contributed by atoms with Gasteiger partial charge in [-0.2, -0.15) is 0 Å². The topological polar surface area (TPSA) is 101 Å². The lowest BCUT2D eigenvalue weighted by atomic mass is 9.97. The molecule has 0 bridgehead atoms. The third-order valence-electron chi connectivity index (χ3n) is 3.77. The van der Waals surface area contributed by atoms with Gasteiger partial charge >= 0.3 is 6.03 Å². The minimum Gasteiger partial charge on any atom is -0.399 e. The highest BCUT2D eigenvalue weighted by Crippen LogP contribution is 2.17. The van der Waals surface area contributed by atoms with Gasteiger partial charge in [0.25, 0.3) is 0 Å². The van der Waals surface area contributed by atoms with Crippen molar-refractivity contribution >= 4 is 17.6 Å². The molecule has 1 aliphatic heterocycles. The Morgan fingerprint density at radius 2 is 2.00 bits per heavy atom. The van der Waals surface area contributed by atoms with Gasteiger partial charge in [-0.15, -0.1) is 0 Å². The highest BCUT2D eigenvalue weighted by molar-refractivity contribution is 5.79. The highest BCUT2D eigenvalue weighted by atomic mass is 16.2. The van der Waals surface area contributed by atoms with Crippen LogP contribution in [0.4, 0.5) is 10.5 Å². The first kappa shape index (κ1) is 15.2. The van der Waals surface area contributed by atoms with Gasteiger partial charge in [-0.1, -0.05) is 12.1 Å². The van der Waals surface area contributed by atoms with Crippen LogP contribution in [0.2, 0.25) is 0 Å². The van der Waals surface area contributed by atoms with E-state index in [0.717, 1.165) is 24.9 Å². The molecule has 1 saturated heterocycles. The third-order valence-corrected chi connectivity index (χ3v) is 3.77. The Bertz CT molecular complexity index is 501. The molecule has 1 aromatic carbocycles. The second kappa shape index (κ2) is 6.97. The Hall–Kier alpha value is -2.24. The van der Waals surface area contributed by atoms with Crippen LogP contribution in [0.1, 0.15) is 18.4 Å². The summed E-state index contributed by atoms with van der Waals surface area (Å²) in [6.07, 6.45) is 2.35. The molecule has 2 rings (SSSR count). The van der Waals surface area contributed by atoms with Crippen LogP contribution in [0.25, 0.3) is 0 Å². The molecule has 6 nitrogen and oxygen atoms in total. The van der Waals surface area contributed by atoms with Crippen molar-refractivity contribution in [3.05, 3.63) is 29.8 Å². The van der Waals surface area contributed by atoms with Crippen molar-refractivity contribution in [1.29, 1.82) is 0 Å². The zero-order valence-electron chi connectivity index (χ0n) is 12.0. The summed E-state index contributed by atoms with van der Waals surface area (Å²) in [5, 5.41) is 2.62. The SMILES string of the molecule is NC(=O)NCC1CCCN(C(=O)Cc2ccc(N)cc2)C1. The largest absolute Gasteiger partial charge is 0.399 e. The van der Waals surface area contributed by atoms with Crippen molar-refractivity contribution in [1.82, 2.24) is 10.2 Å². The third kappa shape index (κ3) is 4.66. The van der Waals surface area contributed by atoms with Gasteiger partial charge in [-0.3, -0.25) is 4.79 Å². The van der Waals surface area contributed by atoms with Crippen LogP contribution in [0.5, 0.6) is 0 Å². The zero-order valence-corrected chi connectivity index (χ0v) is 12.0. The number of primary amides is 1. The summed E-state index contributed by atoms with van der Waals surface area (Å²) in [5.74, 6) is 0.394. The molecule has 5 N–H and O–H groups in total. The molecule has 3 amide bonds. The Morgan fingerprint density at radius 1 is 1.29 bits per heavy atom. The van der Waals surface area contributed by atoms with Crippen LogP contribution in [0.15, 0.2) is 24.3 Å². The number of carbonyl (C=O) groups excluding carboxylic acids is 2. The second-order valence-electron chi connectivity index (χ2n) is 5.51. The van der Waals surface area contributed by atoms with Crippen molar-refractivity contribution in [2.45, 2.75) is 19.3 Å². The lowest BCUT2D eigenvalue weighted by Crippen LogP contribution is -2.45. The van der Waals surface area contributed by atoms with E-state index < -0.39 is 6.03 Å². The van der Waals surface area contributed by atoms with Crippen molar-refractivity contribution < 1.29 is 9.59 Å². The van der Waals surface area contributed by atoms with Gasteiger partial charge in [-0.05, 0) is 36.5 Å². The van der Waals surface area contributed by atoms with Crippen LogP contribution in [0.3, 0.4) is 0 Å². The van der Waals surface area contributed by atoms with Gasteiger partial charge in [-0.25, -0.2) is 4.79 Å². The predicted molar refractivity (Wildman–Crippen MR) is 81.4 cm³/mol. The number of piperidine rings is 1. The molecule has 1 aliphatic rings. The minimum atomic E-state index is -0.514. The van der Waals surface area contributed by atoms with E-state index in [-0.39, 0.29) is 11.8 Å². The van der Waals surface area contributed by atoms with Gasteiger partial charge in [0.05, 0.1) is 6.42 Å². The number of urea groups is 1. The number of rotatable bonds is 4. The number of likely N-dealkylation sites (tertiary alicyclic amines) is 1. The van der Waals surface area contributed by atoms with Crippen LogP contribution >= 0.6 is 0 Å². The van der Waals surface area contributed by atoms with Crippen molar-refractivity contribution in [2.75, 3.05) is 25.4 Å². The van der Waals surface area contributed by atoms with Gasteiger partial charge in [0, 0.05) is 25.3 Å². The zero-order chi connectivity index (χ0) is 15.2. The molecule has 1 atom stereocenters. The number of hydrogen-bond donors (Lipinski definition) is 3. The van der Waals surface area contributed by atoms with Crippen molar-refractivity contribution in [2.24, 2.45) is 11.7 Å². The smallest absolute Gasteiger partial charge is 0.312 e. The highest BCUT2D eigenvalue weighted by Gasteiger charge is 2.23. The number of carbonyl (C=O) groups is 2. The molecule has 0 saturated carbocycles. The monoisotopic (exact) mass is 290 g/mol. The average Bonchev–Trinajstić information content (AvgIpc) is 2.48. The van der Waals surface area contributed by atoms with Crippen molar-refractivity contribution in [3.8, 4) is 0 Å². The molecule has 0 aromatic heterocycles. The standard InChI is InChI=1S/C15H22N4O2/c16-13-5-3-11(4-6-13)8-14(20)19-7-1-2-12(10-19)9-18-15(17)21/h3-6,12H,1-2,7-10,16H2,(H3,17,18,21). The first-order valence-electron chi connectivity index (χ1n) is 7.20. The molecule has 1 unspecified atom stereocenters. The van der Waals surface area contributed by atoms with Crippen LogP contribution in [-0.4, -0.2) is 36.5 Å². The van der Waals surface area contributed by atoms with E-state index in [2.05, 4.69) is 5.32 Å². The number of nitrogen functional groups attached to an aromatic ring is 1. The van der Waals surface area contributed by atoms with E-state index in [1.54, 1.807) is 12.1 Å². The van der Waals surface area contributed by atoms with E-state index in [9.17, 15) is 9.59 Å². The summed E-state index contributed by atoms with van der Waals surface area (Å²) < 4.78 is 0. The Kier molecular flexibility index (Phi) is 5.03. The predicted octanol–water partition coefficient (Wildman–Crippen LogP) is 0.718. The Morgan fingerprint density at radius 3 is 2.67 bits per heavy atom. The van der Waals surface area contributed by atoms with Gasteiger partial charge in [0.2, 0.25) is 5.91 Å². The Balaban J connectivity index is 1.86. The summed E-state index contributed by atoms with van der Waals surface area (Å²) in [4.78, 5) is 24.9. The van der Waals surface area contributed by atoms with Crippen molar-refractivity contribution in [3.63, 3.8) is 0 Å². The minimum absolute atomic E-state index is 0.114. The summed E-state index contributed by atoms with van der Waals surface area (Å²) in [7, 11) is 0. The van der Waals surface area contributed by atoms with E-state index in [1.165, 1.54) is 0 Å². The molecular weight excluding hydrogens is 268 g/mol. The van der Waals surface area contributed by atoms with E-state index >= 15 is 0 Å². The summed E-state index contributed by atoms with van der Waals surface area (Å²) in [6.45, 7) is 1.98. The molecule has 0 spiro atoms. The molecule has 1 heterocycles. The fraction of sp³-hybridized carbons (Fsp3) is 0.467. The molecule has 0 aliphatic carbocycles. The van der Waals surface area contributed by atoms with Crippen LogP contribution < -0.4 is 16.8 Å². The summed E-state index contributed by atoms with van der Waals surface area (Å²) in [6, 6.07) is 6.85. The molecule has 1 fully saturated rings. The molecule has 6 heteroatoms. The van der Waals surface area contributed by atoms with Gasteiger partial charge < -0.3 is 21.7 Å². The number of benzene rings is 1. The van der Waals surface area contributed by atoms with Crippen LogP contribution in [-0.2, 0) is 11.2 Å². The molecular formula is C15H22N4O2. The quantitative estimate of drug-likeness (QED) is 0.712. The van der Waals surface area contributed by atoms with E-state index in [0.29, 0.717) is 25.2 Å². The lowest BCUT2D eigenvalue weighted by molar-refractivity contribution is -0.132. The number of nitrogens with one attached hydrogen (secondary N) is 1. The number of amides is 3. The van der Waals surface area contributed by atoms with Crippen LogP contribution in [0, 0.1) is 5.92 Å². The second-order valence-corrected chi connectivity index (χ2v) is 5.51. The summed E-state index contributed by atoms with van der Waals surface area (Å²) >= 11 is 0. The maximum Gasteiger partial charge on any atom is 0.312 e. The number of nitrogens with zero attached hydrogens (tertiary/aromatic N) is 1. The fourth-order valence-corrected chi connectivity index (χ4v) is 2.63. The van der Waals surface area contributed by atoms with Gasteiger partial charge in [0.1, 0.15) is 0 Å². The maximum atomic E-state index is 12.3. The molecule has 0 radical (unpaired) electrons. The molecule has 21 heavy (non-hydrogen) atoms. The first-order chi connectivity index (χ1) is 10.0. The maximum absolute atomic E-state index is 12.3. The molecule has 1 aromatic rings. The average molecular weight is 290 g/mol.